The number of rotatable bonds is 6. The van der Waals surface area contributed by atoms with Gasteiger partial charge in [-0.15, -0.1) is 5.10 Å². The lowest BCUT2D eigenvalue weighted by Crippen LogP contribution is -2.21. The Hall–Kier alpha value is -1.14. The van der Waals surface area contributed by atoms with Gasteiger partial charge in [0.25, 0.3) is 0 Å². The summed E-state index contributed by atoms with van der Waals surface area (Å²) in [4.78, 5) is 2.15. The van der Waals surface area contributed by atoms with Crippen LogP contribution in [0.15, 0.2) is 4.42 Å². The molecule has 3 rings (SSSR count). The van der Waals surface area contributed by atoms with Crippen LogP contribution in [0.1, 0.15) is 25.2 Å². The zero-order chi connectivity index (χ0) is 12.4. The summed E-state index contributed by atoms with van der Waals surface area (Å²) in [5.41, 5.74) is 0. The molecule has 6 nitrogen and oxygen atoms in total. The first-order valence-corrected chi connectivity index (χ1v) is 6.65. The zero-order valence-corrected chi connectivity index (χ0v) is 10.8. The van der Waals surface area contributed by atoms with Gasteiger partial charge in [-0.1, -0.05) is 5.10 Å². The molecule has 0 aromatic carbocycles. The number of hydrogen-bond donors (Lipinski definition) is 1. The highest BCUT2D eigenvalue weighted by molar-refractivity contribution is 5.26. The standard InChI is InChI=1S/C12H20N4O2/c1-17-8-9-4-5-16(7-9)12-15-14-11(18-12)6-13-10-2-3-10/h9-10,13H,2-8H2,1H3. The van der Waals surface area contributed by atoms with Crippen molar-refractivity contribution in [3.8, 4) is 0 Å². The van der Waals surface area contributed by atoms with E-state index in [1.165, 1.54) is 12.8 Å². The summed E-state index contributed by atoms with van der Waals surface area (Å²) < 4.78 is 10.9. The Morgan fingerprint density at radius 3 is 3.06 bits per heavy atom. The summed E-state index contributed by atoms with van der Waals surface area (Å²) in [5, 5.41) is 11.6. The van der Waals surface area contributed by atoms with Gasteiger partial charge in [-0.25, -0.2) is 0 Å². The fourth-order valence-electron chi connectivity index (χ4n) is 2.34. The van der Waals surface area contributed by atoms with Crippen molar-refractivity contribution in [3.63, 3.8) is 0 Å². The number of methoxy groups -OCH3 is 1. The minimum absolute atomic E-state index is 0.579. The molecule has 1 aromatic rings. The normalized spacial score (nSPS) is 23.8. The van der Waals surface area contributed by atoms with Crippen LogP contribution >= 0.6 is 0 Å². The number of nitrogens with zero attached hydrogens (tertiary/aromatic N) is 3. The molecule has 0 bridgehead atoms. The van der Waals surface area contributed by atoms with Crippen molar-refractivity contribution in [2.45, 2.75) is 31.8 Å². The lowest BCUT2D eigenvalue weighted by molar-refractivity contribution is 0.160. The van der Waals surface area contributed by atoms with Gasteiger partial charge in [-0.05, 0) is 19.3 Å². The predicted molar refractivity (Wildman–Crippen MR) is 66.4 cm³/mol. The lowest BCUT2D eigenvalue weighted by atomic mass is 10.1. The van der Waals surface area contributed by atoms with Crippen LogP contribution in [0.3, 0.4) is 0 Å². The fraction of sp³-hybridized carbons (Fsp3) is 0.833. The van der Waals surface area contributed by atoms with E-state index in [9.17, 15) is 0 Å². The molecule has 2 heterocycles. The average molecular weight is 252 g/mol. The number of nitrogens with one attached hydrogen (secondary N) is 1. The second kappa shape index (κ2) is 5.24. The van der Waals surface area contributed by atoms with Crippen LogP contribution in [0.25, 0.3) is 0 Å². The van der Waals surface area contributed by atoms with E-state index in [0.717, 1.165) is 26.1 Å². The van der Waals surface area contributed by atoms with Crippen molar-refractivity contribution in [2.24, 2.45) is 5.92 Å². The van der Waals surface area contributed by atoms with Crippen LogP contribution in [0.4, 0.5) is 6.01 Å². The smallest absolute Gasteiger partial charge is 0.318 e. The Kier molecular flexibility index (Phi) is 3.47. The van der Waals surface area contributed by atoms with E-state index in [2.05, 4.69) is 20.4 Å². The van der Waals surface area contributed by atoms with Gasteiger partial charge in [0.15, 0.2) is 0 Å². The molecular weight excluding hydrogens is 232 g/mol. The van der Waals surface area contributed by atoms with Crippen LogP contribution in [-0.4, -0.2) is 43.0 Å². The average Bonchev–Trinajstić information content (AvgIpc) is 2.90. The maximum atomic E-state index is 5.67. The SMILES string of the molecule is COCC1CCN(c2nnc(CNC3CC3)o2)C1. The molecule has 0 amide bonds. The van der Waals surface area contributed by atoms with Crippen LogP contribution < -0.4 is 10.2 Å². The molecule has 1 aromatic heterocycles. The largest absolute Gasteiger partial charge is 0.407 e. The maximum Gasteiger partial charge on any atom is 0.318 e. The Morgan fingerprint density at radius 2 is 2.28 bits per heavy atom. The Labute approximate surface area is 107 Å². The van der Waals surface area contributed by atoms with Crippen LogP contribution in [0.5, 0.6) is 0 Å². The molecule has 1 saturated heterocycles. The maximum absolute atomic E-state index is 5.67. The van der Waals surface area contributed by atoms with Gasteiger partial charge >= 0.3 is 6.01 Å². The van der Waals surface area contributed by atoms with E-state index in [4.69, 9.17) is 9.15 Å². The molecule has 1 aliphatic carbocycles. The van der Waals surface area contributed by atoms with E-state index in [0.29, 0.717) is 30.4 Å². The first-order valence-electron chi connectivity index (χ1n) is 6.65. The summed E-state index contributed by atoms with van der Waals surface area (Å²) in [7, 11) is 1.75. The summed E-state index contributed by atoms with van der Waals surface area (Å²) >= 11 is 0. The quantitative estimate of drug-likeness (QED) is 0.807. The highest BCUT2D eigenvalue weighted by Gasteiger charge is 2.26. The van der Waals surface area contributed by atoms with Crippen molar-refractivity contribution < 1.29 is 9.15 Å². The van der Waals surface area contributed by atoms with Crippen molar-refractivity contribution in [1.82, 2.24) is 15.5 Å². The third-order valence-corrected chi connectivity index (χ3v) is 3.53. The molecule has 2 fully saturated rings. The third-order valence-electron chi connectivity index (χ3n) is 3.53. The van der Waals surface area contributed by atoms with Gasteiger partial charge in [-0.2, -0.15) is 0 Å². The fourth-order valence-corrected chi connectivity index (χ4v) is 2.34. The van der Waals surface area contributed by atoms with Crippen LogP contribution in [-0.2, 0) is 11.3 Å². The first-order chi connectivity index (χ1) is 8.85. The zero-order valence-electron chi connectivity index (χ0n) is 10.8. The van der Waals surface area contributed by atoms with Gasteiger partial charge in [-0.3, -0.25) is 0 Å². The molecule has 6 heteroatoms. The molecular formula is C12H20N4O2. The van der Waals surface area contributed by atoms with Crippen molar-refractivity contribution in [2.75, 3.05) is 31.7 Å². The van der Waals surface area contributed by atoms with Gasteiger partial charge in [0, 0.05) is 32.2 Å². The molecule has 18 heavy (non-hydrogen) atoms. The minimum Gasteiger partial charge on any atom is -0.407 e. The van der Waals surface area contributed by atoms with E-state index in [1.54, 1.807) is 7.11 Å². The minimum atomic E-state index is 0.579. The highest BCUT2D eigenvalue weighted by atomic mass is 16.5. The second-order valence-corrected chi connectivity index (χ2v) is 5.19. The molecule has 1 atom stereocenters. The first kappa shape index (κ1) is 11.9. The van der Waals surface area contributed by atoms with E-state index in [1.807, 2.05) is 0 Å². The molecule has 100 valence electrons. The Balaban J connectivity index is 1.52. The summed E-state index contributed by atoms with van der Waals surface area (Å²) in [6.07, 6.45) is 3.67. The molecule has 1 saturated carbocycles. The van der Waals surface area contributed by atoms with Gasteiger partial charge in [0.1, 0.15) is 0 Å². The molecule has 1 N–H and O–H groups in total. The van der Waals surface area contributed by atoms with Crippen LogP contribution in [0.2, 0.25) is 0 Å². The molecule has 1 aliphatic heterocycles. The molecule has 0 spiro atoms. The van der Waals surface area contributed by atoms with Gasteiger partial charge < -0.3 is 19.4 Å². The number of ether oxygens (including phenoxy) is 1. The summed E-state index contributed by atoms with van der Waals surface area (Å²) in [6.45, 7) is 3.42. The third kappa shape index (κ3) is 2.81. The predicted octanol–water partition coefficient (Wildman–Crippen LogP) is 0.794. The summed E-state index contributed by atoms with van der Waals surface area (Å²) in [5.74, 6) is 1.27. The van der Waals surface area contributed by atoms with Crippen molar-refractivity contribution >= 4 is 6.01 Å². The van der Waals surface area contributed by atoms with Crippen LogP contribution in [0, 0.1) is 5.92 Å². The Morgan fingerprint density at radius 1 is 1.39 bits per heavy atom. The topological polar surface area (TPSA) is 63.4 Å². The Bertz CT molecular complexity index is 391. The van der Waals surface area contributed by atoms with Gasteiger partial charge in [0.2, 0.25) is 5.89 Å². The van der Waals surface area contributed by atoms with Crippen molar-refractivity contribution in [3.05, 3.63) is 5.89 Å². The molecule has 0 radical (unpaired) electrons. The summed E-state index contributed by atoms with van der Waals surface area (Å²) in [6, 6.07) is 1.32. The molecule has 2 aliphatic rings. The van der Waals surface area contributed by atoms with E-state index < -0.39 is 0 Å². The number of hydrogen-bond acceptors (Lipinski definition) is 6. The highest BCUT2D eigenvalue weighted by Crippen LogP contribution is 2.23. The molecule has 1 unspecified atom stereocenters. The van der Waals surface area contributed by atoms with E-state index in [-0.39, 0.29) is 0 Å². The van der Waals surface area contributed by atoms with Gasteiger partial charge in [0.05, 0.1) is 13.2 Å². The number of anilines is 1. The second-order valence-electron chi connectivity index (χ2n) is 5.19. The van der Waals surface area contributed by atoms with Crippen molar-refractivity contribution in [1.29, 1.82) is 0 Å². The van der Waals surface area contributed by atoms with E-state index >= 15 is 0 Å². The lowest BCUT2D eigenvalue weighted by Gasteiger charge is -2.12. The monoisotopic (exact) mass is 252 g/mol. The number of aromatic nitrogens is 2.